The third-order valence-electron chi connectivity index (χ3n) is 2.58. The number of carboxylic acid groups (broad SMARTS) is 1. The van der Waals surface area contributed by atoms with Crippen LogP contribution in [-0.4, -0.2) is 11.1 Å². The largest absolute Gasteiger partial charge is 0.478 e. The second-order valence-electron chi connectivity index (χ2n) is 5.37. The van der Waals surface area contributed by atoms with Crippen molar-refractivity contribution in [3.8, 4) is 0 Å². The lowest BCUT2D eigenvalue weighted by Gasteiger charge is -1.91. The Morgan fingerprint density at radius 2 is 1.09 bits per heavy atom. The normalized spacial score (nSPS) is 14.3. The van der Waals surface area contributed by atoms with Crippen molar-refractivity contribution >= 4 is 5.97 Å². The summed E-state index contributed by atoms with van der Waals surface area (Å²) >= 11 is 0. The van der Waals surface area contributed by atoms with Gasteiger partial charge in [0.25, 0.3) is 0 Å². The first-order valence-electron chi connectivity index (χ1n) is 7.24. The fraction of sp³-hybridized carbons (Fsp3) is 0.250. The maximum atomic E-state index is 10.5. The van der Waals surface area contributed by atoms with E-state index in [9.17, 15) is 4.79 Å². The summed E-state index contributed by atoms with van der Waals surface area (Å²) in [6.07, 6.45) is 19.0. The lowest BCUT2D eigenvalue weighted by molar-refractivity contribution is -0.131. The second-order valence-corrected chi connectivity index (χ2v) is 5.37. The van der Waals surface area contributed by atoms with Crippen LogP contribution in [0.25, 0.3) is 0 Å². The molecule has 118 valence electrons. The van der Waals surface area contributed by atoms with Gasteiger partial charge in [0.1, 0.15) is 0 Å². The van der Waals surface area contributed by atoms with Crippen LogP contribution < -0.4 is 0 Å². The van der Waals surface area contributed by atoms with E-state index in [1.54, 1.807) is 13.0 Å². The van der Waals surface area contributed by atoms with Gasteiger partial charge in [-0.2, -0.15) is 0 Å². The summed E-state index contributed by atoms with van der Waals surface area (Å²) in [7, 11) is 0. The van der Waals surface area contributed by atoms with Crippen LogP contribution in [0.15, 0.2) is 83.1 Å². The molecule has 0 saturated carbocycles. The van der Waals surface area contributed by atoms with Gasteiger partial charge in [-0.15, -0.1) is 0 Å². The highest BCUT2D eigenvalue weighted by molar-refractivity contribution is 5.81. The van der Waals surface area contributed by atoms with E-state index in [-0.39, 0.29) is 0 Å². The number of carboxylic acids is 1. The van der Waals surface area contributed by atoms with Gasteiger partial charge in [0.05, 0.1) is 0 Å². The summed E-state index contributed by atoms with van der Waals surface area (Å²) in [5, 5.41) is 8.60. The molecule has 0 aliphatic heterocycles. The molecule has 0 rings (SSSR count). The number of allylic oxidation sites excluding steroid dienone is 13. The van der Waals surface area contributed by atoms with E-state index in [4.69, 9.17) is 5.11 Å². The molecular formula is C20H26O2. The molecule has 0 atom stereocenters. The number of rotatable bonds is 7. The molecule has 0 saturated heterocycles. The van der Waals surface area contributed by atoms with Gasteiger partial charge in [-0.1, -0.05) is 71.4 Å². The van der Waals surface area contributed by atoms with Crippen LogP contribution in [0.4, 0.5) is 0 Å². The van der Waals surface area contributed by atoms with Crippen LogP contribution in [0, 0.1) is 0 Å². The van der Waals surface area contributed by atoms with Gasteiger partial charge in [-0.25, -0.2) is 4.79 Å². The van der Waals surface area contributed by atoms with Gasteiger partial charge in [0.15, 0.2) is 0 Å². The lowest BCUT2D eigenvalue weighted by Crippen LogP contribution is -1.87. The van der Waals surface area contributed by atoms with Crippen molar-refractivity contribution in [2.24, 2.45) is 0 Å². The molecule has 0 radical (unpaired) electrons. The highest BCUT2D eigenvalue weighted by Crippen LogP contribution is 2.02. The van der Waals surface area contributed by atoms with Crippen LogP contribution >= 0.6 is 0 Å². The Labute approximate surface area is 134 Å². The van der Waals surface area contributed by atoms with Gasteiger partial charge < -0.3 is 5.11 Å². The van der Waals surface area contributed by atoms with Crippen molar-refractivity contribution in [3.63, 3.8) is 0 Å². The zero-order valence-corrected chi connectivity index (χ0v) is 14.1. The van der Waals surface area contributed by atoms with Gasteiger partial charge in [-0.05, 0) is 40.2 Å². The Balaban J connectivity index is 4.58. The standard InChI is InChI=1S/C20H26O2/c1-16(2)9-6-10-17(3)11-7-12-18(4)13-8-14-19(5)15-20(21)22/h6-15H,1-5H3,(H,21,22)/b10-6-,12-7+,14-8+,17-11+,18-13+,19-15+. The van der Waals surface area contributed by atoms with Crippen molar-refractivity contribution < 1.29 is 9.90 Å². The maximum Gasteiger partial charge on any atom is 0.328 e. The average molecular weight is 298 g/mol. The van der Waals surface area contributed by atoms with Crippen LogP contribution in [0.2, 0.25) is 0 Å². The number of aliphatic carboxylic acids is 1. The minimum atomic E-state index is -0.926. The van der Waals surface area contributed by atoms with Crippen LogP contribution in [0.5, 0.6) is 0 Å². The van der Waals surface area contributed by atoms with Gasteiger partial charge >= 0.3 is 5.97 Å². The number of hydrogen-bond donors (Lipinski definition) is 1. The summed E-state index contributed by atoms with van der Waals surface area (Å²) in [6.45, 7) is 9.95. The minimum absolute atomic E-state index is 0.709. The van der Waals surface area contributed by atoms with E-state index in [2.05, 4.69) is 32.9 Å². The SMILES string of the molecule is CC(C)=C\C=C/C(C)=C/C=C/C(C)=C/C=C/C(C)=C/C(=O)O. The summed E-state index contributed by atoms with van der Waals surface area (Å²) in [6, 6.07) is 0. The van der Waals surface area contributed by atoms with E-state index in [1.807, 2.05) is 43.4 Å². The molecule has 0 aromatic heterocycles. The zero-order valence-electron chi connectivity index (χ0n) is 14.1. The molecule has 0 aromatic carbocycles. The van der Waals surface area contributed by atoms with E-state index in [1.165, 1.54) is 17.2 Å². The lowest BCUT2D eigenvalue weighted by atomic mass is 10.2. The summed E-state index contributed by atoms with van der Waals surface area (Å²) < 4.78 is 0. The van der Waals surface area contributed by atoms with Crippen molar-refractivity contribution in [3.05, 3.63) is 83.1 Å². The number of hydrogen-bond acceptors (Lipinski definition) is 1. The van der Waals surface area contributed by atoms with Gasteiger partial charge in [0.2, 0.25) is 0 Å². The first kappa shape index (κ1) is 19.7. The topological polar surface area (TPSA) is 37.3 Å². The Morgan fingerprint density at radius 3 is 1.50 bits per heavy atom. The molecule has 0 aromatic rings. The van der Waals surface area contributed by atoms with Gasteiger partial charge in [-0.3, -0.25) is 0 Å². The molecule has 0 bridgehead atoms. The molecule has 0 heterocycles. The third-order valence-corrected chi connectivity index (χ3v) is 2.58. The smallest absolute Gasteiger partial charge is 0.328 e. The second kappa shape index (κ2) is 11.3. The van der Waals surface area contributed by atoms with Crippen molar-refractivity contribution in [2.75, 3.05) is 0 Å². The molecule has 0 unspecified atom stereocenters. The van der Waals surface area contributed by atoms with E-state index < -0.39 is 5.97 Å². The molecule has 2 heteroatoms. The zero-order chi connectivity index (χ0) is 17.0. The fourth-order valence-corrected chi connectivity index (χ4v) is 1.45. The number of carbonyl (C=O) groups is 1. The first-order valence-corrected chi connectivity index (χ1v) is 7.24. The Morgan fingerprint density at radius 1 is 0.682 bits per heavy atom. The summed E-state index contributed by atoms with van der Waals surface area (Å²) in [4.78, 5) is 10.5. The predicted molar refractivity (Wildman–Crippen MR) is 95.8 cm³/mol. The molecule has 0 spiro atoms. The van der Waals surface area contributed by atoms with Crippen LogP contribution in [0.3, 0.4) is 0 Å². The molecule has 2 nitrogen and oxygen atoms in total. The van der Waals surface area contributed by atoms with Crippen LogP contribution in [0.1, 0.15) is 34.6 Å². The Bertz CT molecular complexity index is 573. The minimum Gasteiger partial charge on any atom is -0.478 e. The fourth-order valence-electron chi connectivity index (χ4n) is 1.45. The van der Waals surface area contributed by atoms with Crippen molar-refractivity contribution in [1.82, 2.24) is 0 Å². The molecule has 0 amide bonds. The molecule has 0 fully saturated rings. The molecular weight excluding hydrogens is 272 g/mol. The molecule has 1 N–H and O–H groups in total. The quantitative estimate of drug-likeness (QED) is 0.494. The highest BCUT2D eigenvalue weighted by Gasteiger charge is 1.88. The molecule has 22 heavy (non-hydrogen) atoms. The van der Waals surface area contributed by atoms with Crippen molar-refractivity contribution in [1.29, 1.82) is 0 Å². The first-order chi connectivity index (χ1) is 10.3. The monoisotopic (exact) mass is 298 g/mol. The summed E-state index contributed by atoms with van der Waals surface area (Å²) in [5.41, 5.74) is 4.26. The predicted octanol–water partition coefficient (Wildman–Crippen LogP) is 5.54. The summed E-state index contributed by atoms with van der Waals surface area (Å²) in [5.74, 6) is -0.926. The Hall–Kier alpha value is -2.35. The maximum absolute atomic E-state index is 10.5. The third kappa shape index (κ3) is 12.7. The van der Waals surface area contributed by atoms with Crippen molar-refractivity contribution in [2.45, 2.75) is 34.6 Å². The van der Waals surface area contributed by atoms with E-state index in [0.29, 0.717) is 5.57 Å². The molecule has 0 aliphatic carbocycles. The van der Waals surface area contributed by atoms with Crippen LogP contribution in [-0.2, 0) is 4.79 Å². The van der Waals surface area contributed by atoms with E-state index >= 15 is 0 Å². The molecule has 0 aliphatic rings. The van der Waals surface area contributed by atoms with Gasteiger partial charge in [0, 0.05) is 6.08 Å². The van der Waals surface area contributed by atoms with E-state index in [0.717, 1.165) is 5.57 Å². The average Bonchev–Trinajstić information content (AvgIpc) is 2.37. The Kier molecular flexibility index (Phi) is 10.1. The highest BCUT2D eigenvalue weighted by atomic mass is 16.4.